The second kappa shape index (κ2) is 6.44. The first-order chi connectivity index (χ1) is 9.24. The molecule has 0 aliphatic rings. The Morgan fingerprint density at radius 3 is 2.50 bits per heavy atom. The molecular formula is C12H14NO7-. The minimum Gasteiger partial charge on any atom is -0.738 e. The van der Waals surface area contributed by atoms with Crippen molar-refractivity contribution in [2.75, 3.05) is 6.61 Å². The molecule has 0 spiro atoms. The van der Waals surface area contributed by atoms with Gasteiger partial charge in [0.1, 0.15) is 11.3 Å². The van der Waals surface area contributed by atoms with Crippen LogP contribution in [0.15, 0.2) is 24.3 Å². The molecule has 2 N–H and O–H groups in total. The maximum absolute atomic E-state index is 11.9. The van der Waals surface area contributed by atoms with E-state index < -0.39 is 29.4 Å². The number of benzene rings is 1. The van der Waals surface area contributed by atoms with Crippen LogP contribution < -0.4 is 4.74 Å². The van der Waals surface area contributed by atoms with Crippen LogP contribution in [0.4, 0.5) is 0 Å². The highest BCUT2D eigenvalue weighted by molar-refractivity contribution is 5.92. The van der Waals surface area contributed by atoms with Crippen LogP contribution in [0.5, 0.6) is 5.75 Å². The number of esters is 1. The molecule has 0 aromatic heterocycles. The third kappa shape index (κ3) is 4.28. The van der Waals surface area contributed by atoms with E-state index in [1.165, 1.54) is 38.1 Å². The molecule has 0 heterocycles. The van der Waals surface area contributed by atoms with Gasteiger partial charge in [-0.05, 0) is 26.0 Å². The van der Waals surface area contributed by atoms with Gasteiger partial charge in [0.2, 0.25) is 0 Å². The summed E-state index contributed by atoms with van der Waals surface area (Å²) >= 11 is 0. The number of carbonyl (C=O) groups excluding carboxylic acids is 1. The number of carboxylic acids is 1. The zero-order chi connectivity index (χ0) is 15.3. The van der Waals surface area contributed by atoms with Crippen molar-refractivity contribution in [3.8, 4) is 5.75 Å². The first kappa shape index (κ1) is 16.1. The quantitative estimate of drug-likeness (QED) is 0.457. The van der Waals surface area contributed by atoms with Gasteiger partial charge >= 0.3 is 11.9 Å². The summed E-state index contributed by atoms with van der Waals surface area (Å²) in [5.41, 5.74) is -1.41. The Bertz CT molecular complexity index is 498. The predicted molar refractivity (Wildman–Crippen MR) is 65.8 cm³/mol. The summed E-state index contributed by atoms with van der Waals surface area (Å²) in [4.78, 5) is 27.2. The number of aromatic carboxylic acids is 1. The van der Waals surface area contributed by atoms with Crippen LogP contribution in [0.25, 0.3) is 0 Å². The van der Waals surface area contributed by atoms with E-state index in [4.69, 9.17) is 15.1 Å². The summed E-state index contributed by atoms with van der Waals surface area (Å²) in [6, 6.07) is 5.65. The Balaban J connectivity index is 2.82. The molecule has 1 rings (SSSR count). The molecule has 1 aromatic rings. The third-order valence-corrected chi connectivity index (χ3v) is 2.41. The van der Waals surface area contributed by atoms with Gasteiger partial charge in [0.15, 0.2) is 0 Å². The first-order valence-corrected chi connectivity index (χ1v) is 5.57. The Hall–Kier alpha value is -2.00. The number of hydrogen-bond acceptors (Lipinski definition) is 7. The lowest BCUT2D eigenvalue weighted by molar-refractivity contribution is -0.314. The van der Waals surface area contributed by atoms with E-state index in [9.17, 15) is 14.8 Å². The lowest BCUT2D eigenvalue weighted by Gasteiger charge is -2.26. The second-order valence-corrected chi connectivity index (χ2v) is 4.59. The summed E-state index contributed by atoms with van der Waals surface area (Å²) in [5, 5.41) is 26.8. The molecule has 8 heteroatoms. The highest BCUT2D eigenvalue weighted by Crippen LogP contribution is 2.24. The van der Waals surface area contributed by atoms with E-state index in [1.807, 2.05) is 0 Å². The molecule has 0 bridgehead atoms. The average molecular weight is 284 g/mol. The fourth-order valence-corrected chi connectivity index (χ4v) is 1.25. The maximum atomic E-state index is 11.9. The molecule has 0 saturated carbocycles. The molecule has 20 heavy (non-hydrogen) atoms. The fraction of sp³-hybridized carbons (Fsp3) is 0.333. The summed E-state index contributed by atoms with van der Waals surface area (Å²) in [6.45, 7) is 2.41. The lowest BCUT2D eigenvalue weighted by atomic mass is 9.95. The van der Waals surface area contributed by atoms with E-state index >= 15 is 0 Å². The molecule has 0 saturated heterocycles. The van der Waals surface area contributed by atoms with Crippen molar-refractivity contribution in [1.29, 1.82) is 0 Å². The number of para-hydroxylation sites is 1. The Kier molecular flexibility index (Phi) is 5.17. The number of nitrogens with zero attached hydrogens (tertiary/aromatic N) is 1. The summed E-state index contributed by atoms with van der Waals surface area (Å²) in [6.07, 6.45) is 0. The van der Waals surface area contributed by atoms with Crippen molar-refractivity contribution in [3.05, 3.63) is 35.0 Å². The Morgan fingerprint density at radius 2 is 1.95 bits per heavy atom. The van der Waals surface area contributed by atoms with Gasteiger partial charge < -0.3 is 20.3 Å². The van der Waals surface area contributed by atoms with Gasteiger partial charge in [-0.2, -0.15) is 0 Å². The van der Waals surface area contributed by atoms with Crippen molar-refractivity contribution in [2.45, 2.75) is 13.8 Å². The van der Waals surface area contributed by atoms with E-state index in [1.54, 1.807) is 0 Å². The number of carbonyl (C=O) groups is 2. The smallest absolute Gasteiger partial charge is 0.339 e. The van der Waals surface area contributed by atoms with E-state index in [0.717, 1.165) is 0 Å². The van der Waals surface area contributed by atoms with Crippen LogP contribution >= 0.6 is 0 Å². The van der Waals surface area contributed by atoms with Crippen LogP contribution in [0, 0.1) is 10.6 Å². The molecular weight excluding hydrogens is 270 g/mol. The van der Waals surface area contributed by atoms with Gasteiger partial charge in [-0.25, -0.2) is 4.79 Å². The van der Waals surface area contributed by atoms with Crippen LogP contribution in [-0.4, -0.2) is 34.2 Å². The van der Waals surface area contributed by atoms with Gasteiger partial charge in [0.25, 0.3) is 0 Å². The molecule has 0 aliphatic heterocycles. The van der Waals surface area contributed by atoms with E-state index in [-0.39, 0.29) is 11.3 Å². The number of ether oxygens (including phenoxy) is 1. The maximum Gasteiger partial charge on any atom is 0.339 e. The van der Waals surface area contributed by atoms with Crippen molar-refractivity contribution < 1.29 is 29.5 Å². The topological polar surface area (TPSA) is 119 Å². The molecule has 0 aliphatic carbocycles. The minimum atomic E-state index is -1.25. The van der Waals surface area contributed by atoms with Gasteiger partial charge in [-0.3, -0.25) is 9.63 Å². The van der Waals surface area contributed by atoms with Crippen molar-refractivity contribution in [1.82, 2.24) is 5.39 Å². The average Bonchev–Trinajstić information content (AvgIpc) is 2.36. The van der Waals surface area contributed by atoms with Crippen molar-refractivity contribution in [2.24, 2.45) is 5.41 Å². The zero-order valence-corrected chi connectivity index (χ0v) is 10.9. The third-order valence-electron chi connectivity index (χ3n) is 2.41. The Labute approximate surface area is 114 Å². The summed E-state index contributed by atoms with van der Waals surface area (Å²) in [5.74, 6) is -2.14. The highest BCUT2D eigenvalue weighted by Gasteiger charge is 2.31. The predicted octanol–water partition coefficient (Wildman–Crippen LogP) is 1.44. The molecule has 0 fully saturated rings. The standard InChI is InChI=1S/C12H14NO7/c1-12(2,7-19-13(17)18)11(16)20-9-6-4-3-5-8(9)10(14)15/h3-6,17H,7H2,1-2H3,(H,14,15)/q-1. The lowest BCUT2D eigenvalue weighted by Crippen LogP contribution is -2.35. The van der Waals surface area contributed by atoms with Crippen LogP contribution in [0.3, 0.4) is 0 Å². The molecule has 110 valence electrons. The van der Waals surface area contributed by atoms with Crippen molar-refractivity contribution >= 4 is 11.9 Å². The minimum absolute atomic E-state index is 0.110. The van der Waals surface area contributed by atoms with Gasteiger partial charge in [0.05, 0.1) is 12.0 Å². The molecule has 0 unspecified atom stereocenters. The fourth-order valence-electron chi connectivity index (χ4n) is 1.25. The molecule has 0 amide bonds. The van der Waals surface area contributed by atoms with E-state index in [2.05, 4.69) is 4.84 Å². The normalized spacial score (nSPS) is 11.4. The number of carboxylic acid groups (broad SMARTS) is 1. The van der Waals surface area contributed by atoms with Crippen molar-refractivity contribution in [3.63, 3.8) is 0 Å². The van der Waals surface area contributed by atoms with Gasteiger partial charge in [-0.1, -0.05) is 12.1 Å². The number of rotatable bonds is 6. The molecule has 1 aromatic carbocycles. The van der Waals surface area contributed by atoms with Gasteiger partial charge in [-0.15, -0.1) is 5.39 Å². The highest BCUT2D eigenvalue weighted by atomic mass is 17.1. The first-order valence-electron chi connectivity index (χ1n) is 5.57. The van der Waals surface area contributed by atoms with E-state index in [0.29, 0.717) is 0 Å². The number of hydrogen-bond donors (Lipinski definition) is 2. The van der Waals surface area contributed by atoms with Crippen LogP contribution in [-0.2, 0) is 9.63 Å². The second-order valence-electron chi connectivity index (χ2n) is 4.59. The largest absolute Gasteiger partial charge is 0.738 e. The SMILES string of the molecule is CC(C)(CON([O-])O)C(=O)Oc1ccccc1C(=O)O. The molecule has 0 atom stereocenters. The van der Waals surface area contributed by atoms with Gasteiger partial charge in [0, 0.05) is 0 Å². The molecule has 0 radical (unpaired) electrons. The zero-order valence-electron chi connectivity index (χ0n) is 10.9. The monoisotopic (exact) mass is 284 g/mol. The summed E-state index contributed by atoms with van der Waals surface area (Å²) < 4.78 is 5.00. The van der Waals surface area contributed by atoms with Crippen LogP contribution in [0.1, 0.15) is 24.2 Å². The summed E-state index contributed by atoms with van der Waals surface area (Å²) in [7, 11) is 0. The Morgan fingerprint density at radius 1 is 1.35 bits per heavy atom. The molecule has 8 nitrogen and oxygen atoms in total. The van der Waals surface area contributed by atoms with Crippen LogP contribution in [0.2, 0.25) is 0 Å².